The maximum Gasteiger partial charge on any atom is 0.235 e. The van der Waals surface area contributed by atoms with E-state index in [9.17, 15) is 4.79 Å². The van der Waals surface area contributed by atoms with Crippen LogP contribution < -0.4 is 5.32 Å². The number of nitrogens with zero attached hydrogens (tertiary/aromatic N) is 2. The Balaban J connectivity index is 0.00000277. The van der Waals surface area contributed by atoms with Crippen molar-refractivity contribution in [1.29, 1.82) is 0 Å². The number of carbonyl (C=O) groups is 1. The predicted molar refractivity (Wildman–Crippen MR) is 158 cm³/mol. The second kappa shape index (κ2) is 9.94. The number of nitrogens with one attached hydrogen (secondary N) is 2. The molecule has 4 aromatic rings. The number of rotatable bonds is 5. The largest absolute Gasteiger partial charge is 0.373 e. The molecule has 39 heavy (non-hydrogen) atoms. The van der Waals surface area contributed by atoms with Crippen molar-refractivity contribution in [2.24, 2.45) is 0 Å². The van der Waals surface area contributed by atoms with Crippen molar-refractivity contribution in [2.45, 2.75) is 50.4 Å². The zero-order valence-corrected chi connectivity index (χ0v) is 23.0. The minimum absolute atomic E-state index is 0. The third-order valence-electron chi connectivity index (χ3n) is 8.36. The van der Waals surface area contributed by atoms with Crippen molar-refractivity contribution < 1.29 is 9.53 Å². The molecular formula is C32H33ClN4O2. The van der Waals surface area contributed by atoms with Crippen LogP contribution in [0.3, 0.4) is 0 Å². The monoisotopic (exact) mass is 540 g/mol. The number of ether oxygens (including phenoxy) is 1. The molecule has 7 heteroatoms. The lowest BCUT2D eigenvalue weighted by molar-refractivity contribution is -0.118. The number of hydrogen-bond donors (Lipinski definition) is 2. The molecule has 1 aromatic heterocycles. The van der Waals surface area contributed by atoms with E-state index < -0.39 is 5.41 Å². The van der Waals surface area contributed by atoms with Crippen LogP contribution in [0.4, 0.5) is 5.69 Å². The van der Waals surface area contributed by atoms with Crippen LogP contribution in [-0.4, -0.2) is 46.3 Å². The number of morpholine rings is 1. The Kier molecular flexibility index (Phi) is 6.58. The van der Waals surface area contributed by atoms with Crippen LogP contribution in [0.1, 0.15) is 54.1 Å². The SMILES string of the molecule is C[C@@H]1CN(Cc2ccc(/C=C/c3n[nH]c4cc([C@@H]5C[C@@]56C(=O)Nc5ccccc56)ccc34)cc2)C[C@H](C)O1.Cl. The van der Waals surface area contributed by atoms with Gasteiger partial charge in [-0.3, -0.25) is 14.8 Å². The van der Waals surface area contributed by atoms with Crippen molar-refractivity contribution in [3.8, 4) is 0 Å². The summed E-state index contributed by atoms with van der Waals surface area (Å²) >= 11 is 0. The molecule has 3 heterocycles. The molecule has 7 rings (SSSR count). The topological polar surface area (TPSA) is 70.2 Å². The van der Waals surface area contributed by atoms with E-state index in [2.05, 4.69) is 94.9 Å². The molecule has 0 bridgehead atoms. The number of hydrogen-bond acceptors (Lipinski definition) is 4. The molecule has 4 atom stereocenters. The molecule has 200 valence electrons. The summed E-state index contributed by atoms with van der Waals surface area (Å²) in [5, 5.41) is 11.9. The first-order valence-electron chi connectivity index (χ1n) is 13.5. The summed E-state index contributed by atoms with van der Waals surface area (Å²) in [6, 6.07) is 23.3. The highest BCUT2D eigenvalue weighted by Gasteiger charge is 2.65. The number of halogens is 1. The molecule has 2 aliphatic heterocycles. The van der Waals surface area contributed by atoms with E-state index in [1.165, 1.54) is 11.1 Å². The van der Waals surface area contributed by atoms with Gasteiger partial charge in [-0.15, -0.1) is 12.4 Å². The minimum Gasteiger partial charge on any atom is -0.373 e. The number of para-hydroxylation sites is 1. The fraction of sp³-hybridized carbons (Fsp3) is 0.312. The van der Waals surface area contributed by atoms with Gasteiger partial charge in [0.05, 0.1) is 28.8 Å². The smallest absolute Gasteiger partial charge is 0.235 e. The summed E-state index contributed by atoms with van der Waals surface area (Å²) in [6.07, 6.45) is 5.59. The zero-order chi connectivity index (χ0) is 25.9. The predicted octanol–water partition coefficient (Wildman–Crippen LogP) is 6.14. The van der Waals surface area contributed by atoms with Crippen LogP contribution in [0.2, 0.25) is 0 Å². The Morgan fingerprint density at radius 3 is 2.59 bits per heavy atom. The number of fused-ring (bicyclic) bond motifs is 3. The van der Waals surface area contributed by atoms with Crippen LogP contribution in [-0.2, 0) is 21.5 Å². The molecule has 1 amide bonds. The molecular weight excluding hydrogens is 508 g/mol. The van der Waals surface area contributed by atoms with Crippen molar-refractivity contribution >= 4 is 47.1 Å². The molecule has 3 aromatic carbocycles. The third-order valence-corrected chi connectivity index (χ3v) is 8.36. The Hall–Kier alpha value is -3.45. The standard InChI is InChI=1S/C32H32N4O2.ClH/c1-20-17-36(18-21(2)38-20)19-23-9-7-22(8-10-23)11-14-28-25-13-12-24(15-30(25)35-34-28)27-16-32(27)26-5-3-4-6-29(26)33-31(32)37;/h3-15,20-21,27H,16-19H2,1-2H3,(H,33,37)(H,34,35);1H/b14-11+;/t20-,21+,27-,32-;/m0./s1. The second-order valence-corrected chi connectivity index (χ2v) is 11.2. The highest BCUT2D eigenvalue weighted by Crippen LogP contribution is 2.64. The van der Waals surface area contributed by atoms with Crippen molar-refractivity contribution in [1.82, 2.24) is 15.1 Å². The number of aromatic amines is 1. The maximum absolute atomic E-state index is 12.9. The van der Waals surface area contributed by atoms with Crippen LogP contribution in [0.5, 0.6) is 0 Å². The van der Waals surface area contributed by atoms with E-state index >= 15 is 0 Å². The van der Waals surface area contributed by atoms with Gasteiger partial charge in [0, 0.05) is 36.6 Å². The Labute approximate surface area is 234 Å². The number of benzene rings is 3. The first-order valence-corrected chi connectivity index (χ1v) is 13.5. The molecule has 6 nitrogen and oxygen atoms in total. The van der Waals surface area contributed by atoms with Gasteiger partial charge in [-0.25, -0.2) is 0 Å². The minimum atomic E-state index is -0.419. The average Bonchev–Trinajstić information content (AvgIpc) is 3.44. The lowest BCUT2D eigenvalue weighted by Gasteiger charge is -2.35. The van der Waals surface area contributed by atoms with E-state index in [1.54, 1.807) is 0 Å². The Morgan fingerprint density at radius 2 is 1.79 bits per heavy atom. The van der Waals surface area contributed by atoms with E-state index in [-0.39, 0.29) is 36.4 Å². The first-order chi connectivity index (χ1) is 18.5. The molecule has 1 saturated carbocycles. The summed E-state index contributed by atoms with van der Waals surface area (Å²) in [5.74, 6) is 0.317. The Morgan fingerprint density at radius 1 is 1.03 bits per heavy atom. The molecule has 1 spiro atoms. The van der Waals surface area contributed by atoms with Crippen molar-refractivity contribution in [3.05, 3.63) is 94.7 Å². The highest BCUT2D eigenvalue weighted by atomic mass is 35.5. The molecule has 3 aliphatic rings. The van der Waals surface area contributed by atoms with E-state index in [1.807, 2.05) is 18.2 Å². The van der Waals surface area contributed by atoms with Gasteiger partial charge in [-0.2, -0.15) is 5.10 Å². The Bertz CT molecular complexity index is 1550. The van der Waals surface area contributed by atoms with E-state index in [0.717, 1.165) is 59.5 Å². The average molecular weight is 541 g/mol. The molecule has 2 N–H and O–H groups in total. The van der Waals surface area contributed by atoms with Gasteiger partial charge in [0.2, 0.25) is 5.91 Å². The summed E-state index contributed by atoms with van der Waals surface area (Å²) < 4.78 is 5.86. The van der Waals surface area contributed by atoms with Gasteiger partial charge in [0.1, 0.15) is 0 Å². The van der Waals surface area contributed by atoms with Gasteiger partial charge < -0.3 is 10.1 Å². The quantitative estimate of drug-likeness (QED) is 0.319. The lowest BCUT2D eigenvalue weighted by Crippen LogP contribution is -2.44. The van der Waals surface area contributed by atoms with Gasteiger partial charge in [0.25, 0.3) is 0 Å². The van der Waals surface area contributed by atoms with Crippen LogP contribution in [0, 0.1) is 0 Å². The molecule has 1 saturated heterocycles. The van der Waals surface area contributed by atoms with E-state index in [0.29, 0.717) is 0 Å². The zero-order valence-electron chi connectivity index (χ0n) is 22.2. The summed E-state index contributed by atoms with van der Waals surface area (Å²) in [7, 11) is 0. The van der Waals surface area contributed by atoms with Crippen LogP contribution in [0.25, 0.3) is 23.1 Å². The second-order valence-electron chi connectivity index (χ2n) is 11.2. The normalized spacial score (nSPS) is 26.1. The summed E-state index contributed by atoms with van der Waals surface area (Å²) in [5.41, 5.74) is 7.23. The van der Waals surface area contributed by atoms with Crippen molar-refractivity contribution in [2.75, 3.05) is 18.4 Å². The molecule has 0 radical (unpaired) electrons. The highest BCUT2D eigenvalue weighted by molar-refractivity contribution is 6.09. The van der Waals surface area contributed by atoms with Crippen molar-refractivity contribution in [3.63, 3.8) is 0 Å². The fourth-order valence-corrected chi connectivity index (χ4v) is 6.53. The number of aromatic nitrogens is 2. The molecule has 0 unspecified atom stereocenters. The van der Waals surface area contributed by atoms with E-state index in [4.69, 9.17) is 4.74 Å². The van der Waals surface area contributed by atoms with Gasteiger partial charge >= 0.3 is 0 Å². The number of amides is 1. The number of carbonyl (C=O) groups excluding carboxylic acids is 1. The molecule has 2 fully saturated rings. The van der Waals surface area contributed by atoms with Gasteiger partial charge in [-0.05, 0) is 60.7 Å². The summed E-state index contributed by atoms with van der Waals surface area (Å²) in [4.78, 5) is 15.4. The number of H-pyrrole nitrogens is 1. The summed E-state index contributed by atoms with van der Waals surface area (Å²) in [6.45, 7) is 7.19. The third kappa shape index (κ3) is 4.56. The van der Waals surface area contributed by atoms with Gasteiger partial charge in [-0.1, -0.05) is 60.7 Å². The first kappa shape index (κ1) is 25.8. The van der Waals surface area contributed by atoms with Crippen LogP contribution in [0.15, 0.2) is 66.7 Å². The maximum atomic E-state index is 12.9. The lowest BCUT2D eigenvalue weighted by atomic mass is 9.92. The van der Waals surface area contributed by atoms with Crippen LogP contribution >= 0.6 is 12.4 Å². The van der Waals surface area contributed by atoms with Gasteiger partial charge in [0.15, 0.2) is 0 Å². The molecule has 1 aliphatic carbocycles. The fourth-order valence-electron chi connectivity index (χ4n) is 6.53. The number of anilines is 1.